The maximum absolute atomic E-state index is 7.66. The van der Waals surface area contributed by atoms with Gasteiger partial charge in [-0.3, -0.25) is 0 Å². The Labute approximate surface area is 151 Å². The van der Waals surface area contributed by atoms with E-state index in [-0.39, 0.29) is 0 Å². The highest BCUT2D eigenvalue weighted by atomic mass is 16.3. The van der Waals surface area contributed by atoms with Crippen molar-refractivity contribution in [2.24, 2.45) is 0 Å². The molecule has 1 aliphatic rings. The molecule has 1 fully saturated rings. The van der Waals surface area contributed by atoms with Crippen molar-refractivity contribution in [3.05, 3.63) is 36.1 Å². The minimum absolute atomic E-state index is 0.301. The lowest BCUT2D eigenvalue weighted by molar-refractivity contribution is 0.614. The average Bonchev–Trinajstić information content (AvgIpc) is 3.29. The first-order valence-corrected chi connectivity index (χ1v) is 8.82. The van der Waals surface area contributed by atoms with Crippen LogP contribution in [0.15, 0.2) is 34.9 Å². The molecule has 0 atom stereocenters. The summed E-state index contributed by atoms with van der Waals surface area (Å²) in [6.45, 7) is 4.14. The number of hydrogen-bond acceptors (Lipinski definition) is 7. The quantitative estimate of drug-likeness (QED) is 0.473. The monoisotopic (exact) mass is 350 g/mol. The van der Waals surface area contributed by atoms with E-state index in [4.69, 9.17) is 9.83 Å². The van der Waals surface area contributed by atoms with Crippen molar-refractivity contribution < 1.29 is 4.42 Å². The SMILES string of the molecule is CC(C)Nc1ccc(Nc2nc(NC3CC3)c3occc3n2)cc1C=N. The minimum atomic E-state index is 0.301. The topological polar surface area (TPSA) is 98.9 Å². The molecular weight excluding hydrogens is 328 g/mol. The summed E-state index contributed by atoms with van der Waals surface area (Å²) in [5.74, 6) is 1.22. The van der Waals surface area contributed by atoms with Gasteiger partial charge in [0.1, 0.15) is 5.52 Å². The third-order valence-corrected chi connectivity index (χ3v) is 4.13. The predicted molar refractivity (Wildman–Crippen MR) is 105 cm³/mol. The molecule has 3 aromatic rings. The number of anilines is 4. The Kier molecular flexibility index (Phi) is 4.20. The van der Waals surface area contributed by atoms with Gasteiger partial charge in [-0.1, -0.05) is 0 Å². The lowest BCUT2D eigenvalue weighted by Crippen LogP contribution is -2.11. The van der Waals surface area contributed by atoms with Gasteiger partial charge in [0.25, 0.3) is 0 Å². The van der Waals surface area contributed by atoms with Crippen LogP contribution >= 0.6 is 0 Å². The van der Waals surface area contributed by atoms with Gasteiger partial charge in [0.2, 0.25) is 5.95 Å². The molecule has 26 heavy (non-hydrogen) atoms. The summed E-state index contributed by atoms with van der Waals surface area (Å²) in [4.78, 5) is 9.09. The van der Waals surface area contributed by atoms with E-state index >= 15 is 0 Å². The van der Waals surface area contributed by atoms with Crippen molar-refractivity contribution >= 4 is 40.5 Å². The molecule has 0 spiro atoms. The molecule has 0 aliphatic heterocycles. The average molecular weight is 350 g/mol. The Balaban J connectivity index is 1.63. The van der Waals surface area contributed by atoms with Gasteiger partial charge >= 0.3 is 0 Å². The fraction of sp³-hybridized carbons (Fsp3) is 0.316. The van der Waals surface area contributed by atoms with Crippen LogP contribution in [0.2, 0.25) is 0 Å². The molecule has 0 unspecified atom stereocenters. The molecule has 1 aliphatic carbocycles. The van der Waals surface area contributed by atoms with E-state index in [0.29, 0.717) is 23.6 Å². The van der Waals surface area contributed by atoms with Crippen LogP contribution in [0.1, 0.15) is 32.3 Å². The molecule has 0 bridgehead atoms. The molecule has 2 heterocycles. The third-order valence-electron chi connectivity index (χ3n) is 4.13. The molecular formula is C19H22N6O. The van der Waals surface area contributed by atoms with Crippen molar-refractivity contribution in [2.75, 3.05) is 16.0 Å². The number of rotatable bonds is 7. The Hall–Kier alpha value is -3.09. The second kappa shape index (κ2) is 6.67. The van der Waals surface area contributed by atoms with Gasteiger partial charge in [-0.15, -0.1) is 0 Å². The zero-order valence-corrected chi connectivity index (χ0v) is 14.8. The fourth-order valence-electron chi connectivity index (χ4n) is 2.77. The number of fused-ring (bicyclic) bond motifs is 1. The summed E-state index contributed by atoms with van der Waals surface area (Å²) < 4.78 is 5.52. The zero-order valence-electron chi connectivity index (χ0n) is 14.8. The summed E-state index contributed by atoms with van der Waals surface area (Å²) >= 11 is 0. The fourth-order valence-corrected chi connectivity index (χ4v) is 2.77. The first kappa shape index (κ1) is 16.4. The van der Waals surface area contributed by atoms with E-state index in [2.05, 4.69) is 39.8 Å². The van der Waals surface area contributed by atoms with E-state index in [1.165, 1.54) is 6.21 Å². The molecule has 134 valence electrons. The van der Waals surface area contributed by atoms with Crippen LogP contribution in [0.5, 0.6) is 0 Å². The van der Waals surface area contributed by atoms with Gasteiger partial charge in [-0.2, -0.15) is 4.98 Å². The molecule has 0 amide bonds. The number of furan rings is 1. The summed E-state index contributed by atoms with van der Waals surface area (Å²) in [5, 5.41) is 17.6. The van der Waals surface area contributed by atoms with E-state index in [1.54, 1.807) is 6.26 Å². The molecule has 7 heteroatoms. The molecule has 1 saturated carbocycles. The highest BCUT2D eigenvalue weighted by Crippen LogP contribution is 2.30. The largest absolute Gasteiger partial charge is 0.459 e. The number of benzene rings is 1. The lowest BCUT2D eigenvalue weighted by Gasteiger charge is -2.14. The highest BCUT2D eigenvalue weighted by Gasteiger charge is 2.23. The van der Waals surface area contributed by atoms with Crippen LogP contribution in [-0.4, -0.2) is 28.3 Å². The van der Waals surface area contributed by atoms with Crippen molar-refractivity contribution in [1.82, 2.24) is 9.97 Å². The third kappa shape index (κ3) is 3.46. The first-order chi connectivity index (χ1) is 12.6. The van der Waals surface area contributed by atoms with Gasteiger partial charge in [-0.25, -0.2) is 4.98 Å². The van der Waals surface area contributed by atoms with Crippen molar-refractivity contribution in [2.45, 2.75) is 38.8 Å². The predicted octanol–water partition coefficient (Wildman–Crippen LogP) is 4.36. The van der Waals surface area contributed by atoms with E-state index < -0.39 is 0 Å². The van der Waals surface area contributed by atoms with E-state index in [9.17, 15) is 0 Å². The highest BCUT2D eigenvalue weighted by molar-refractivity contribution is 5.89. The van der Waals surface area contributed by atoms with Crippen molar-refractivity contribution in [3.63, 3.8) is 0 Å². The van der Waals surface area contributed by atoms with E-state index in [1.807, 2.05) is 24.3 Å². The Morgan fingerprint density at radius 1 is 1.23 bits per heavy atom. The van der Waals surface area contributed by atoms with Gasteiger partial charge in [0, 0.05) is 41.3 Å². The lowest BCUT2D eigenvalue weighted by atomic mass is 10.1. The first-order valence-electron chi connectivity index (χ1n) is 8.82. The van der Waals surface area contributed by atoms with Gasteiger partial charge in [-0.05, 0) is 44.9 Å². The molecule has 0 saturated heterocycles. The maximum atomic E-state index is 7.66. The van der Waals surface area contributed by atoms with Crippen molar-refractivity contribution in [1.29, 1.82) is 5.41 Å². The normalized spacial score (nSPS) is 13.8. The Morgan fingerprint density at radius 2 is 2.08 bits per heavy atom. The Morgan fingerprint density at radius 3 is 2.81 bits per heavy atom. The van der Waals surface area contributed by atoms with Crippen LogP contribution in [0.25, 0.3) is 11.1 Å². The zero-order chi connectivity index (χ0) is 18.1. The van der Waals surface area contributed by atoms with Crippen LogP contribution < -0.4 is 16.0 Å². The van der Waals surface area contributed by atoms with Gasteiger partial charge in [0.05, 0.1) is 6.26 Å². The number of nitrogens with zero attached hydrogens (tertiary/aromatic N) is 2. The molecule has 4 N–H and O–H groups in total. The second-order valence-corrected chi connectivity index (χ2v) is 6.82. The van der Waals surface area contributed by atoms with Crippen LogP contribution in [0.4, 0.5) is 23.1 Å². The second-order valence-electron chi connectivity index (χ2n) is 6.82. The minimum Gasteiger partial charge on any atom is -0.459 e. The molecule has 0 radical (unpaired) electrons. The van der Waals surface area contributed by atoms with Crippen LogP contribution in [0.3, 0.4) is 0 Å². The van der Waals surface area contributed by atoms with Crippen LogP contribution in [-0.2, 0) is 0 Å². The summed E-state index contributed by atoms with van der Waals surface area (Å²) in [6.07, 6.45) is 5.28. The molecule has 1 aromatic carbocycles. The smallest absolute Gasteiger partial charge is 0.229 e. The molecule has 2 aromatic heterocycles. The summed E-state index contributed by atoms with van der Waals surface area (Å²) in [5.41, 5.74) is 4.01. The van der Waals surface area contributed by atoms with Gasteiger partial charge < -0.3 is 25.8 Å². The molecule has 4 rings (SSSR count). The van der Waals surface area contributed by atoms with Crippen LogP contribution in [0, 0.1) is 5.41 Å². The maximum Gasteiger partial charge on any atom is 0.229 e. The molecule has 7 nitrogen and oxygen atoms in total. The van der Waals surface area contributed by atoms with E-state index in [0.717, 1.165) is 41.1 Å². The summed E-state index contributed by atoms with van der Waals surface area (Å²) in [7, 11) is 0. The Bertz CT molecular complexity index is 944. The van der Waals surface area contributed by atoms with Crippen molar-refractivity contribution in [3.8, 4) is 0 Å². The number of nitrogens with one attached hydrogen (secondary N) is 4. The standard InChI is InChI=1S/C19H22N6O/c1-11(2)21-15-6-5-14(9-12(15)10-20)23-19-24-16-7-8-26-17(16)18(25-19)22-13-3-4-13/h5-11,13,20-21H,3-4H2,1-2H3,(H2,22,23,24,25). The van der Waals surface area contributed by atoms with Gasteiger partial charge in [0.15, 0.2) is 11.4 Å². The number of hydrogen-bond donors (Lipinski definition) is 4. The summed E-state index contributed by atoms with van der Waals surface area (Å²) in [6, 6.07) is 8.43. The number of aromatic nitrogens is 2.